The molecule has 1 aliphatic heterocycles. The summed E-state index contributed by atoms with van der Waals surface area (Å²) in [5, 5.41) is 0. The number of carbonyl (C=O) groups is 2. The van der Waals surface area contributed by atoms with E-state index in [2.05, 4.69) is 4.74 Å². The van der Waals surface area contributed by atoms with Crippen LogP contribution in [0, 0.1) is 41.8 Å². The molecule has 1 atom stereocenters. The molecule has 5 nitrogen and oxygen atoms in total. The molecular formula is C25H14F6O5. The van der Waals surface area contributed by atoms with Crippen LogP contribution in [-0.4, -0.2) is 17.9 Å². The number of ketones is 1. The van der Waals surface area contributed by atoms with Crippen LogP contribution >= 0.6 is 0 Å². The number of hydrogen-bond acceptors (Lipinski definition) is 5. The van der Waals surface area contributed by atoms with Gasteiger partial charge in [0.2, 0.25) is 34.9 Å². The van der Waals surface area contributed by atoms with Gasteiger partial charge in [0.15, 0.2) is 17.6 Å². The summed E-state index contributed by atoms with van der Waals surface area (Å²) in [4.78, 5) is 25.1. The lowest BCUT2D eigenvalue weighted by Gasteiger charge is -2.16. The van der Waals surface area contributed by atoms with Crippen molar-refractivity contribution >= 4 is 17.8 Å². The Hall–Kier alpha value is -4.28. The van der Waals surface area contributed by atoms with Gasteiger partial charge >= 0.3 is 5.97 Å². The highest BCUT2D eigenvalue weighted by Gasteiger charge is 2.32. The minimum atomic E-state index is -2.37. The lowest BCUT2D eigenvalue weighted by Crippen LogP contribution is -2.29. The Morgan fingerprint density at radius 1 is 0.889 bits per heavy atom. The lowest BCUT2D eigenvalue weighted by atomic mass is 10.1. The highest BCUT2D eigenvalue weighted by Crippen LogP contribution is 2.39. The maximum absolute atomic E-state index is 13.8. The van der Waals surface area contributed by atoms with Crippen LogP contribution in [0.15, 0.2) is 42.2 Å². The van der Waals surface area contributed by atoms with Gasteiger partial charge in [0.1, 0.15) is 17.3 Å². The summed E-state index contributed by atoms with van der Waals surface area (Å²) in [6, 6.07) is 7.87. The number of benzene rings is 3. The van der Waals surface area contributed by atoms with Gasteiger partial charge in [-0.2, -0.15) is 8.78 Å². The van der Waals surface area contributed by atoms with Crippen molar-refractivity contribution in [2.24, 2.45) is 0 Å². The summed E-state index contributed by atoms with van der Waals surface area (Å²) in [7, 11) is 0. The fraction of sp³-hybridized carbons (Fsp3) is 0.120. The van der Waals surface area contributed by atoms with E-state index >= 15 is 0 Å². The molecule has 0 radical (unpaired) electrons. The molecule has 1 unspecified atom stereocenters. The van der Waals surface area contributed by atoms with E-state index in [1.54, 1.807) is 0 Å². The molecule has 1 aliphatic rings. The minimum Gasteiger partial charge on any atom is -0.473 e. The Labute approximate surface area is 199 Å². The highest BCUT2D eigenvalue weighted by atomic mass is 19.2. The number of halogens is 6. The first-order valence-electron chi connectivity index (χ1n) is 10.2. The molecule has 186 valence electrons. The molecule has 0 aliphatic carbocycles. The zero-order valence-corrected chi connectivity index (χ0v) is 18.4. The third-order valence-electron chi connectivity index (χ3n) is 5.21. The van der Waals surface area contributed by atoms with Crippen molar-refractivity contribution in [3.8, 4) is 17.2 Å². The van der Waals surface area contributed by atoms with Gasteiger partial charge in [-0.25, -0.2) is 22.4 Å². The largest absolute Gasteiger partial charge is 0.473 e. The van der Waals surface area contributed by atoms with Crippen LogP contribution in [0.2, 0.25) is 0 Å². The molecule has 0 aromatic heterocycles. The maximum atomic E-state index is 13.8. The number of allylic oxidation sites excluding steroid dienone is 1. The Morgan fingerprint density at radius 3 is 2.08 bits per heavy atom. The average Bonchev–Trinajstić information content (AvgIpc) is 3.18. The van der Waals surface area contributed by atoms with Crippen molar-refractivity contribution in [1.29, 1.82) is 0 Å². The first-order chi connectivity index (χ1) is 17.0. The Bertz CT molecular complexity index is 1400. The van der Waals surface area contributed by atoms with E-state index in [0.29, 0.717) is 5.56 Å². The zero-order chi connectivity index (χ0) is 26.3. The number of esters is 1. The summed E-state index contributed by atoms with van der Waals surface area (Å²) < 4.78 is 96.2. The fourth-order valence-electron chi connectivity index (χ4n) is 3.29. The van der Waals surface area contributed by atoms with Gasteiger partial charge in [0.25, 0.3) is 0 Å². The van der Waals surface area contributed by atoms with Crippen LogP contribution < -0.4 is 14.2 Å². The zero-order valence-electron chi connectivity index (χ0n) is 18.4. The first-order valence-corrected chi connectivity index (χ1v) is 10.2. The van der Waals surface area contributed by atoms with Crippen LogP contribution in [0.4, 0.5) is 26.3 Å². The van der Waals surface area contributed by atoms with Crippen LogP contribution in [-0.2, 0) is 4.79 Å². The number of Topliss-reactive ketones (excluding diaryl/α,β-unsaturated/α-hetero) is 1. The van der Waals surface area contributed by atoms with Gasteiger partial charge in [-0.05, 0) is 49.8 Å². The van der Waals surface area contributed by atoms with Gasteiger partial charge in [0, 0.05) is 5.56 Å². The number of ether oxygens (including phenoxy) is 3. The summed E-state index contributed by atoms with van der Waals surface area (Å²) in [6.45, 7) is 2.44. The van der Waals surface area contributed by atoms with E-state index < -0.39 is 58.5 Å². The number of rotatable bonds is 5. The van der Waals surface area contributed by atoms with Crippen LogP contribution in [0.1, 0.15) is 28.4 Å². The van der Waals surface area contributed by atoms with E-state index in [0.717, 1.165) is 6.92 Å². The van der Waals surface area contributed by atoms with E-state index in [-0.39, 0.29) is 28.4 Å². The normalized spacial score (nSPS) is 14.4. The van der Waals surface area contributed by atoms with Crippen molar-refractivity contribution < 1.29 is 50.1 Å². The van der Waals surface area contributed by atoms with Gasteiger partial charge in [-0.1, -0.05) is 12.1 Å². The standard InChI is InChI=1S/C25H14F6O5/c1-10-15(36-25(33)11(2)34-24-20(30)18(28)17(27)19(29)21(24)31)8-7-14-22(32)16(35-23(10)14)9-12-3-5-13(26)6-4-12/h3-9,11H,1-2H3/b16-9-. The predicted molar refractivity (Wildman–Crippen MR) is 112 cm³/mol. The fourth-order valence-corrected chi connectivity index (χ4v) is 3.29. The molecule has 0 fully saturated rings. The maximum Gasteiger partial charge on any atom is 0.352 e. The van der Waals surface area contributed by atoms with Crippen molar-refractivity contribution in [3.05, 3.63) is 93.8 Å². The van der Waals surface area contributed by atoms with Crippen LogP contribution in [0.5, 0.6) is 17.2 Å². The SMILES string of the molecule is Cc1c(OC(=O)C(C)Oc2c(F)c(F)c(F)c(F)c2F)ccc2c1O/C(=C\c1ccc(F)cc1)C2=O. The van der Waals surface area contributed by atoms with Gasteiger partial charge < -0.3 is 14.2 Å². The topological polar surface area (TPSA) is 61.8 Å². The third kappa shape index (κ3) is 4.39. The van der Waals surface area contributed by atoms with E-state index in [9.17, 15) is 35.9 Å². The predicted octanol–water partition coefficient (Wildman–Crippen LogP) is 5.82. The summed E-state index contributed by atoms with van der Waals surface area (Å²) in [6.07, 6.45) is -0.394. The monoisotopic (exact) mass is 508 g/mol. The molecule has 1 heterocycles. The van der Waals surface area contributed by atoms with Crippen molar-refractivity contribution in [2.75, 3.05) is 0 Å². The third-order valence-corrected chi connectivity index (χ3v) is 5.21. The molecule has 0 N–H and O–H groups in total. The molecule has 0 bridgehead atoms. The molecule has 0 saturated heterocycles. The van der Waals surface area contributed by atoms with Crippen molar-refractivity contribution in [2.45, 2.75) is 20.0 Å². The molecule has 36 heavy (non-hydrogen) atoms. The smallest absolute Gasteiger partial charge is 0.352 e. The molecule has 4 rings (SSSR count). The summed E-state index contributed by atoms with van der Waals surface area (Å²) in [5.74, 6) is -15.2. The second-order valence-corrected chi connectivity index (χ2v) is 7.64. The van der Waals surface area contributed by atoms with E-state index in [4.69, 9.17) is 9.47 Å². The van der Waals surface area contributed by atoms with E-state index in [1.165, 1.54) is 49.4 Å². The van der Waals surface area contributed by atoms with Crippen molar-refractivity contribution in [3.63, 3.8) is 0 Å². The Morgan fingerprint density at radius 2 is 1.47 bits per heavy atom. The number of fused-ring (bicyclic) bond motifs is 1. The molecule has 3 aromatic rings. The lowest BCUT2D eigenvalue weighted by molar-refractivity contribution is -0.141. The molecule has 0 saturated carbocycles. The van der Waals surface area contributed by atoms with Gasteiger partial charge in [-0.15, -0.1) is 0 Å². The number of hydrogen-bond donors (Lipinski definition) is 0. The molecule has 11 heteroatoms. The first kappa shape index (κ1) is 24.8. The second-order valence-electron chi connectivity index (χ2n) is 7.64. The van der Waals surface area contributed by atoms with Crippen molar-refractivity contribution in [1.82, 2.24) is 0 Å². The second kappa shape index (κ2) is 9.40. The highest BCUT2D eigenvalue weighted by molar-refractivity contribution is 6.15. The minimum absolute atomic E-state index is 0.0637. The molecule has 0 spiro atoms. The number of carbonyl (C=O) groups excluding carboxylic acids is 2. The van der Waals surface area contributed by atoms with E-state index in [1.807, 2.05) is 0 Å². The van der Waals surface area contributed by atoms with Gasteiger partial charge in [0.05, 0.1) is 5.56 Å². The van der Waals surface area contributed by atoms with Crippen LogP contribution in [0.3, 0.4) is 0 Å². The molecular weight excluding hydrogens is 494 g/mol. The quantitative estimate of drug-likeness (QED) is 0.109. The Kier molecular flexibility index (Phi) is 6.49. The summed E-state index contributed by atoms with van der Waals surface area (Å²) in [5.41, 5.74) is 0.863. The van der Waals surface area contributed by atoms with Crippen LogP contribution in [0.25, 0.3) is 6.08 Å². The molecule has 0 amide bonds. The Balaban J connectivity index is 1.54. The average molecular weight is 508 g/mol. The van der Waals surface area contributed by atoms with Gasteiger partial charge in [-0.3, -0.25) is 4.79 Å². The molecule has 3 aromatic carbocycles. The summed E-state index contributed by atoms with van der Waals surface area (Å²) >= 11 is 0.